The van der Waals surface area contributed by atoms with E-state index >= 15 is 13.2 Å². The molecule has 23 heteroatoms. The number of nitrogens with one attached hydrogen (secondary N) is 2. The van der Waals surface area contributed by atoms with E-state index in [2.05, 4.69) is 25.6 Å². The lowest BCUT2D eigenvalue weighted by Crippen LogP contribution is -2.41. The second-order valence-electron chi connectivity index (χ2n) is 17.7. The fraction of sp³-hybridized carbons (Fsp3) is 0.333. The molecule has 0 bridgehead atoms. The third-order valence-corrected chi connectivity index (χ3v) is 17.5. The predicted octanol–water partition coefficient (Wildman–Crippen LogP) is 4.14. The summed E-state index contributed by atoms with van der Waals surface area (Å²) in [6.45, 7) is -0.325. The Hall–Kier alpha value is -6.43. The predicted molar refractivity (Wildman–Crippen MR) is 231 cm³/mol. The molecular weight excluding hydrogens is 936 g/mol. The first-order chi connectivity index (χ1) is 32.3. The number of piperidine rings is 2. The Labute approximate surface area is 386 Å². The van der Waals surface area contributed by atoms with Gasteiger partial charge >= 0.3 is 6.18 Å². The number of imidazole rings is 2. The molecule has 4 aliphatic rings. The number of rotatable bonds is 13. The molecule has 4 unspecified atom stereocenters. The molecule has 354 valence electrons. The van der Waals surface area contributed by atoms with Crippen molar-refractivity contribution in [2.75, 3.05) is 39.3 Å². The van der Waals surface area contributed by atoms with Crippen LogP contribution in [0.3, 0.4) is 0 Å². The molecule has 2 aliphatic heterocycles. The highest BCUT2D eigenvalue weighted by Gasteiger charge is 2.72. The molecule has 2 aromatic carbocycles. The van der Waals surface area contributed by atoms with Crippen LogP contribution in [0.1, 0.15) is 37.7 Å². The molecule has 6 heterocycles. The highest BCUT2D eigenvalue weighted by atomic mass is 32.2. The average Bonchev–Trinajstić information content (AvgIpc) is 3.76. The van der Waals surface area contributed by atoms with Crippen LogP contribution in [-0.2, 0) is 51.1 Å². The van der Waals surface area contributed by atoms with Gasteiger partial charge in [-0.05, 0) is 66.1 Å². The zero-order chi connectivity index (χ0) is 48.1. The van der Waals surface area contributed by atoms with Gasteiger partial charge in [-0.2, -0.15) is 21.8 Å². The van der Waals surface area contributed by atoms with Gasteiger partial charge in [-0.15, -0.1) is 0 Å². The second kappa shape index (κ2) is 16.1. The molecule has 16 nitrogen and oxygen atoms in total. The Morgan fingerprint density at radius 2 is 1.21 bits per heavy atom. The van der Waals surface area contributed by atoms with Gasteiger partial charge in [-0.1, -0.05) is 24.3 Å². The largest absolute Gasteiger partial charge is 0.417 e. The maximum absolute atomic E-state index is 15.4. The third kappa shape index (κ3) is 7.37. The van der Waals surface area contributed by atoms with Crippen LogP contribution < -0.4 is 10.6 Å². The highest BCUT2D eigenvalue weighted by Crippen LogP contribution is 2.64. The Kier molecular flexibility index (Phi) is 10.7. The zero-order valence-corrected chi connectivity index (χ0v) is 37.7. The number of pyridine rings is 2. The van der Waals surface area contributed by atoms with Crippen LogP contribution in [0.15, 0.2) is 114 Å². The van der Waals surface area contributed by atoms with Crippen molar-refractivity contribution in [1.82, 2.24) is 48.3 Å². The molecule has 10 rings (SSSR count). The maximum Gasteiger partial charge on any atom is 0.417 e. The number of nitrogens with zero attached hydrogens (tertiary/aromatic N) is 8. The molecule has 2 saturated carbocycles. The van der Waals surface area contributed by atoms with E-state index in [1.807, 2.05) is 0 Å². The van der Waals surface area contributed by atoms with E-state index in [0.29, 0.717) is 11.8 Å². The van der Waals surface area contributed by atoms with Crippen LogP contribution in [-0.4, -0.2) is 106 Å². The second-order valence-corrected chi connectivity index (χ2v) is 21.5. The lowest BCUT2D eigenvalue weighted by molar-refractivity contribution is -0.137. The number of alkyl halides is 3. The van der Waals surface area contributed by atoms with Crippen LogP contribution in [0.5, 0.6) is 0 Å². The lowest BCUT2D eigenvalue weighted by atomic mass is 9.92. The number of aromatic nitrogens is 6. The number of halogens is 5. The smallest absolute Gasteiger partial charge is 0.351 e. The number of aryl methyl sites for hydroxylation is 2. The minimum Gasteiger partial charge on any atom is -0.351 e. The molecule has 4 atom stereocenters. The van der Waals surface area contributed by atoms with Gasteiger partial charge < -0.3 is 19.8 Å². The van der Waals surface area contributed by atoms with Crippen molar-refractivity contribution in [1.29, 1.82) is 0 Å². The maximum atomic E-state index is 15.4. The van der Waals surface area contributed by atoms with Crippen LogP contribution >= 0.6 is 0 Å². The molecule has 0 radical (unpaired) electrons. The molecule has 2 amide bonds. The van der Waals surface area contributed by atoms with Gasteiger partial charge in [0.15, 0.2) is 10.1 Å². The first-order valence-electron chi connectivity index (χ1n) is 21.3. The van der Waals surface area contributed by atoms with Crippen molar-refractivity contribution < 1.29 is 48.4 Å². The van der Waals surface area contributed by atoms with Crippen molar-refractivity contribution in [3.05, 3.63) is 144 Å². The average molecular weight is 977 g/mol. The molecule has 68 heavy (non-hydrogen) atoms. The standard InChI is InChI=1S/C45H41F5N10O6S2/c1-57-20-38(54-24-57)67(63,64)59-16-30-31(17-59)43(30,36-10-3-4-14-51-36)22-53-42(62)29-8-5-7-28(40(29)45(48,49)50)35-9-6-11-37(56-35)44(23-52-41(61)27-13-12-26(46)15-34(27)47)32-18-60(19-33(32)44)68(65,66)39-21-58(2)25-55-39/h3-15,20-21,24-25,30-33H,16-19,22-23H2,1-2H3,(H,52,61)(H,53,62). The van der Waals surface area contributed by atoms with Gasteiger partial charge in [-0.3, -0.25) is 19.6 Å². The van der Waals surface area contributed by atoms with E-state index in [1.165, 1.54) is 67.1 Å². The van der Waals surface area contributed by atoms with Crippen LogP contribution in [0.2, 0.25) is 0 Å². The SMILES string of the molecule is Cn1cnc(S(=O)(=O)N2CC3C(C2)C3(CNC(=O)c2cccc(-c3cccc(C4(CNC(=O)c5ccc(F)cc5F)C5CN(S(=O)(=O)c6cn(C)cn6)CC54)n3)c2C(F)(F)F)c2ccccn2)c1. The number of hydrogen-bond donors (Lipinski definition) is 2. The molecule has 6 aromatic rings. The van der Waals surface area contributed by atoms with Gasteiger partial charge in [0, 0.05) is 106 Å². The van der Waals surface area contributed by atoms with Crippen molar-refractivity contribution in [3.63, 3.8) is 0 Å². The van der Waals surface area contributed by atoms with E-state index in [-0.39, 0.29) is 72.5 Å². The first kappa shape index (κ1) is 45.4. The summed E-state index contributed by atoms with van der Waals surface area (Å²) in [4.78, 5) is 44.7. The molecule has 2 saturated heterocycles. The normalized spacial score (nSPS) is 24.6. The Balaban J connectivity index is 0.941. The molecule has 4 fully saturated rings. The van der Waals surface area contributed by atoms with Crippen LogP contribution in [0.25, 0.3) is 11.3 Å². The van der Waals surface area contributed by atoms with Gasteiger partial charge in [0.25, 0.3) is 31.9 Å². The summed E-state index contributed by atoms with van der Waals surface area (Å²) >= 11 is 0. The van der Waals surface area contributed by atoms with E-state index < -0.39 is 94.6 Å². The summed E-state index contributed by atoms with van der Waals surface area (Å²) in [5.41, 5.74) is -4.24. The number of fused-ring (bicyclic) bond motifs is 2. The number of amides is 2. The summed E-state index contributed by atoms with van der Waals surface area (Å²) in [6, 6.07) is 15.5. The summed E-state index contributed by atoms with van der Waals surface area (Å²) < 4.78 is 134. The van der Waals surface area contributed by atoms with Crippen LogP contribution in [0, 0.1) is 35.3 Å². The van der Waals surface area contributed by atoms with Gasteiger partial charge in [0.05, 0.1) is 35.0 Å². The Morgan fingerprint density at radius 1 is 0.676 bits per heavy atom. The topological polar surface area (TPSA) is 194 Å². The van der Waals surface area contributed by atoms with Gasteiger partial charge in [0.2, 0.25) is 0 Å². The van der Waals surface area contributed by atoms with Gasteiger partial charge in [0.1, 0.15) is 11.6 Å². The van der Waals surface area contributed by atoms with Crippen molar-refractivity contribution in [2.45, 2.75) is 27.1 Å². The summed E-state index contributed by atoms with van der Waals surface area (Å²) in [5.74, 6) is -5.58. The first-order valence-corrected chi connectivity index (χ1v) is 24.2. The number of carbonyl (C=O) groups is 2. The van der Waals surface area contributed by atoms with Gasteiger partial charge in [-0.25, -0.2) is 35.6 Å². The van der Waals surface area contributed by atoms with Crippen molar-refractivity contribution in [3.8, 4) is 11.3 Å². The highest BCUT2D eigenvalue weighted by molar-refractivity contribution is 7.89. The molecule has 4 aromatic heterocycles. The summed E-state index contributed by atoms with van der Waals surface area (Å²) in [7, 11) is -4.74. The molecule has 2 aliphatic carbocycles. The Bertz CT molecular complexity index is 3220. The quantitative estimate of drug-likeness (QED) is 0.159. The molecule has 2 N–H and O–H groups in total. The van der Waals surface area contributed by atoms with E-state index in [0.717, 1.165) is 18.2 Å². The number of carbonyl (C=O) groups excluding carboxylic acids is 2. The summed E-state index contributed by atoms with van der Waals surface area (Å²) in [6.07, 6.45) is 1.93. The van der Waals surface area contributed by atoms with E-state index in [1.54, 1.807) is 44.6 Å². The minimum absolute atomic E-state index is 0.0560. The Morgan fingerprint density at radius 3 is 1.71 bits per heavy atom. The van der Waals surface area contributed by atoms with E-state index in [4.69, 9.17) is 4.98 Å². The minimum atomic E-state index is -5.09. The fourth-order valence-corrected chi connectivity index (χ4v) is 13.5. The fourth-order valence-electron chi connectivity index (χ4n) is 10.6. The number of sulfonamides is 2. The lowest BCUT2D eigenvalue weighted by Gasteiger charge is -2.27. The van der Waals surface area contributed by atoms with Crippen molar-refractivity contribution in [2.24, 2.45) is 37.8 Å². The molecular formula is C45H41F5N10O6S2. The van der Waals surface area contributed by atoms with Crippen LogP contribution in [0.4, 0.5) is 22.0 Å². The number of hydrogen-bond acceptors (Lipinski definition) is 10. The van der Waals surface area contributed by atoms with E-state index in [9.17, 15) is 35.2 Å². The zero-order valence-electron chi connectivity index (χ0n) is 36.1. The number of benzene rings is 2. The monoisotopic (exact) mass is 976 g/mol. The summed E-state index contributed by atoms with van der Waals surface area (Å²) in [5, 5.41) is 5.11. The molecule has 0 spiro atoms. The van der Waals surface area contributed by atoms with Crippen molar-refractivity contribution >= 4 is 31.9 Å². The third-order valence-electron chi connectivity index (χ3n) is 14.1.